The summed E-state index contributed by atoms with van der Waals surface area (Å²) >= 11 is 0. The van der Waals surface area contributed by atoms with Gasteiger partial charge in [0.1, 0.15) is 0 Å². The number of nitrogens with zero attached hydrogens (tertiary/aromatic N) is 3. The van der Waals surface area contributed by atoms with Gasteiger partial charge in [-0.3, -0.25) is 0 Å². The molecule has 0 aromatic rings. The van der Waals surface area contributed by atoms with E-state index < -0.39 is 0 Å². The minimum atomic E-state index is 0.102. The van der Waals surface area contributed by atoms with Gasteiger partial charge < -0.3 is 15.5 Å². The molecule has 0 saturated carbocycles. The molecular weight excluding hydrogens is 320 g/mol. The van der Waals surface area contributed by atoms with Gasteiger partial charge in [0.05, 0.1) is 6.07 Å². The molecule has 0 aromatic carbocycles. The van der Waals surface area contributed by atoms with Crippen molar-refractivity contribution in [1.29, 1.82) is 5.26 Å². The molecule has 0 aromatic heterocycles. The van der Waals surface area contributed by atoms with Gasteiger partial charge in [0.25, 0.3) is 0 Å². The van der Waals surface area contributed by atoms with Crippen molar-refractivity contribution in [2.45, 2.75) is 92.5 Å². The highest BCUT2D eigenvalue weighted by atomic mass is 15.1. The zero-order valence-electron chi connectivity index (χ0n) is 19.6. The lowest BCUT2D eigenvalue weighted by molar-refractivity contribution is 0.335. The first-order valence-electron chi connectivity index (χ1n) is 11.0. The summed E-state index contributed by atoms with van der Waals surface area (Å²) < 4.78 is 0. The predicted octanol–water partition coefficient (Wildman–Crippen LogP) is 5.14. The van der Waals surface area contributed by atoms with Crippen molar-refractivity contribution in [2.75, 3.05) is 40.3 Å². The third kappa shape index (κ3) is 18.2. The van der Waals surface area contributed by atoms with Gasteiger partial charge in [-0.1, -0.05) is 41.5 Å². The summed E-state index contributed by atoms with van der Waals surface area (Å²) in [6.07, 6.45) is 6.92. The second-order valence-corrected chi connectivity index (χ2v) is 6.87. The van der Waals surface area contributed by atoms with Crippen molar-refractivity contribution < 1.29 is 0 Å². The Morgan fingerprint density at radius 2 is 1.31 bits per heavy atom. The first-order chi connectivity index (χ1) is 12.4. The van der Waals surface area contributed by atoms with Gasteiger partial charge in [-0.15, -0.1) is 0 Å². The highest BCUT2D eigenvalue weighted by Crippen LogP contribution is 2.17. The normalized spacial score (nSPS) is 26.3. The van der Waals surface area contributed by atoms with Crippen LogP contribution in [0.2, 0.25) is 0 Å². The van der Waals surface area contributed by atoms with E-state index in [1.54, 1.807) is 0 Å². The summed E-state index contributed by atoms with van der Waals surface area (Å²) in [4.78, 5) is 4.66. The lowest BCUT2D eigenvalue weighted by Gasteiger charge is -2.21. The molecule has 0 bridgehead atoms. The minimum absolute atomic E-state index is 0.102. The predicted molar refractivity (Wildman–Crippen MR) is 118 cm³/mol. The Morgan fingerprint density at radius 3 is 1.85 bits per heavy atom. The van der Waals surface area contributed by atoms with Crippen LogP contribution in [0.3, 0.4) is 0 Å². The van der Waals surface area contributed by atoms with Crippen molar-refractivity contribution in [1.82, 2.24) is 9.80 Å². The Labute approximate surface area is 166 Å². The molecule has 2 aliphatic heterocycles. The van der Waals surface area contributed by atoms with Gasteiger partial charge >= 0.3 is 0 Å². The van der Waals surface area contributed by atoms with Crippen LogP contribution in [-0.2, 0) is 0 Å². The summed E-state index contributed by atoms with van der Waals surface area (Å²) in [5.74, 6) is 0.324. The third-order valence-electron chi connectivity index (χ3n) is 4.49. The van der Waals surface area contributed by atoms with Crippen molar-refractivity contribution in [2.24, 2.45) is 11.7 Å². The molecule has 26 heavy (non-hydrogen) atoms. The number of rotatable bonds is 0. The monoisotopic (exact) mass is 370 g/mol. The Bertz CT molecular complexity index is 310. The Kier molecular flexibility index (Phi) is 23.9. The highest BCUT2D eigenvalue weighted by molar-refractivity contribution is 4.85. The molecule has 2 aliphatic rings. The van der Waals surface area contributed by atoms with Crippen LogP contribution in [-0.4, -0.2) is 55.6 Å². The summed E-state index contributed by atoms with van der Waals surface area (Å²) in [6, 6.07) is 2.34. The molecule has 158 valence electrons. The quantitative estimate of drug-likeness (QED) is 0.641. The fourth-order valence-corrected chi connectivity index (χ4v) is 2.80. The van der Waals surface area contributed by atoms with Crippen molar-refractivity contribution in [3.63, 3.8) is 0 Å². The zero-order valence-corrected chi connectivity index (χ0v) is 19.6. The van der Waals surface area contributed by atoms with E-state index in [9.17, 15) is 0 Å². The molecule has 0 spiro atoms. The molecule has 4 heteroatoms. The molecule has 0 aliphatic carbocycles. The van der Waals surface area contributed by atoms with Gasteiger partial charge in [-0.2, -0.15) is 5.26 Å². The highest BCUT2D eigenvalue weighted by Gasteiger charge is 2.21. The second-order valence-electron chi connectivity index (χ2n) is 6.87. The number of likely N-dealkylation sites (tertiary alicyclic amines) is 2. The Morgan fingerprint density at radius 1 is 0.808 bits per heavy atom. The first kappa shape index (κ1) is 30.1. The van der Waals surface area contributed by atoms with Gasteiger partial charge in [0.15, 0.2) is 0 Å². The number of nitriles is 1. The van der Waals surface area contributed by atoms with Gasteiger partial charge in [-0.05, 0) is 85.7 Å². The van der Waals surface area contributed by atoms with E-state index >= 15 is 0 Å². The van der Waals surface area contributed by atoms with Crippen molar-refractivity contribution in [3.05, 3.63) is 0 Å². The van der Waals surface area contributed by atoms with Crippen LogP contribution in [0.15, 0.2) is 0 Å². The maximum atomic E-state index is 8.63. The van der Waals surface area contributed by atoms with Crippen molar-refractivity contribution >= 4 is 0 Å². The summed E-state index contributed by atoms with van der Waals surface area (Å²) in [6.45, 7) is 18.8. The van der Waals surface area contributed by atoms with Crippen LogP contribution in [0.4, 0.5) is 0 Å². The SMILES string of the molecule is CC.CC.CC.CN1CCCC(C#N)CC1.CN1CCCC(C)(N)CC1. The van der Waals surface area contributed by atoms with Crippen LogP contribution < -0.4 is 5.73 Å². The Hall–Kier alpha value is -0.630. The van der Waals surface area contributed by atoms with Gasteiger partial charge in [0, 0.05) is 11.5 Å². The van der Waals surface area contributed by atoms with E-state index in [-0.39, 0.29) is 5.54 Å². The number of nitrogens with two attached hydrogens (primary N) is 1. The fraction of sp³-hybridized carbons (Fsp3) is 0.955. The lowest BCUT2D eigenvalue weighted by Crippen LogP contribution is -2.36. The number of hydrogen-bond acceptors (Lipinski definition) is 4. The molecule has 2 N–H and O–H groups in total. The average Bonchev–Trinajstić information content (AvgIpc) is 2.98. The fourth-order valence-electron chi connectivity index (χ4n) is 2.80. The molecular formula is C22H50N4. The maximum Gasteiger partial charge on any atom is 0.0656 e. The van der Waals surface area contributed by atoms with E-state index in [1.807, 2.05) is 41.5 Å². The summed E-state index contributed by atoms with van der Waals surface area (Å²) in [7, 11) is 4.29. The molecule has 2 saturated heterocycles. The summed E-state index contributed by atoms with van der Waals surface area (Å²) in [5, 5.41) is 8.63. The van der Waals surface area contributed by atoms with Crippen LogP contribution in [0.25, 0.3) is 0 Å². The standard InChI is InChI=1S/C8H18N2.C8H14N2.3C2H6/c1-8(9)4-3-6-10(2)7-5-8;1-10-5-2-3-8(7-9)4-6-10;3*1-2/h3-7,9H2,1-2H3;8H,2-6H2,1H3;3*1-2H3. The molecule has 2 fully saturated rings. The van der Waals surface area contributed by atoms with E-state index in [0.717, 1.165) is 38.9 Å². The lowest BCUT2D eigenvalue weighted by atomic mass is 9.95. The molecule has 2 unspecified atom stereocenters. The molecule has 0 radical (unpaired) electrons. The van der Waals surface area contributed by atoms with Crippen LogP contribution in [0, 0.1) is 17.2 Å². The second kappa shape index (κ2) is 20.7. The zero-order chi connectivity index (χ0) is 21.0. The minimum Gasteiger partial charge on any atom is -0.325 e. The van der Waals surface area contributed by atoms with Crippen LogP contribution >= 0.6 is 0 Å². The smallest absolute Gasteiger partial charge is 0.0656 e. The Balaban J connectivity index is -0.000000316. The number of hydrogen-bond donors (Lipinski definition) is 1. The van der Waals surface area contributed by atoms with E-state index in [4.69, 9.17) is 11.0 Å². The maximum absolute atomic E-state index is 8.63. The first-order valence-corrected chi connectivity index (χ1v) is 11.0. The molecule has 2 rings (SSSR count). The molecule has 0 amide bonds. The average molecular weight is 371 g/mol. The molecule has 4 nitrogen and oxygen atoms in total. The largest absolute Gasteiger partial charge is 0.325 e. The summed E-state index contributed by atoms with van der Waals surface area (Å²) in [5.41, 5.74) is 6.12. The molecule has 2 heterocycles. The van der Waals surface area contributed by atoms with E-state index in [2.05, 4.69) is 36.9 Å². The van der Waals surface area contributed by atoms with Gasteiger partial charge in [-0.25, -0.2) is 0 Å². The van der Waals surface area contributed by atoms with E-state index in [0.29, 0.717) is 5.92 Å². The van der Waals surface area contributed by atoms with Crippen LogP contribution in [0.5, 0.6) is 0 Å². The van der Waals surface area contributed by atoms with Gasteiger partial charge in [0.2, 0.25) is 0 Å². The van der Waals surface area contributed by atoms with Crippen molar-refractivity contribution in [3.8, 4) is 6.07 Å². The topological polar surface area (TPSA) is 56.3 Å². The molecule has 2 atom stereocenters. The third-order valence-corrected chi connectivity index (χ3v) is 4.49. The van der Waals surface area contributed by atoms with E-state index in [1.165, 1.54) is 25.8 Å². The van der Waals surface area contributed by atoms with Crippen LogP contribution in [0.1, 0.15) is 87.0 Å².